The predicted molar refractivity (Wildman–Crippen MR) is 507 cm³/mol. The van der Waals surface area contributed by atoms with Gasteiger partial charge >= 0.3 is 12.2 Å². The van der Waals surface area contributed by atoms with E-state index in [1.165, 1.54) is 43.8 Å². The van der Waals surface area contributed by atoms with E-state index in [4.69, 9.17) is 14.7 Å². The summed E-state index contributed by atoms with van der Waals surface area (Å²) < 4.78 is 9.40. The molecule has 0 unspecified atom stereocenters. The van der Waals surface area contributed by atoms with Crippen molar-refractivity contribution in [3.63, 3.8) is 0 Å². The molecule has 3 aromatic heterocycles. The van der Waals surface area contributed by atoms with E-state index in [-0.39, 0.29) is 185 Å². The second-order valence-electron chi connectivity index (χ2n) is 32.4. The number of hydrogen-bond acceptors (Lipinski definition) is 12. The Bertz CT molecular complexity index is 4650. The molecule has 5 aliphatic heterocycles. The van der Waals surface area contributed by atoms with Crippen LogP contribution in [-0.4, -0.2) is 150 Å². The first-order chi connectivity index (χ1) is 51.6. The molecule has 0 bridgehead atoms. The highest BCUT2D eigenvalue weighted by atomic mass is 32.1. The zero-order valence-electron chi connectivity index (χ0n) is 70.1. The minimum atomic E-state index is -0.625. The fourth-order valence-electron chi connectivity index (χ4n) is 15.5. The van der Waals surface area contributed by atoms with Crippen molar-refractivity contribution in [2.75, 3.05) is 40.4 Å². The number of alkyl carbamates (subject to hydrolysis) is 2. The maximum Gasteiger partial charge on any atom is 0.407 e. The molecule has 4 aromatic carbocycles. The number of nitrogens with one attached hydrogen (secondary N) is 5. The number of aromatic nitrogens is 6. The van der Waals surface area contributed by atoms with Crippen LogP contribution in [0.25, 0.3) is 38.9 Å². The number of hydrogen-bond donors (Lipinski definition) is 5. The van der Waals surface area contributed by atoms with Gasteiger partial charge in [-0.25, -0.2) is 24.5 Å². The minimum Gasteiger partial charge on any atom is -0.453 e. The number of nitrogens with zero attached hydrogens (tertiary/aromatic N) is 8. The lowest BCUT2D eigenvalue weighted by Gasteiger charge is -2.30. The average molecular weight is 1740 g/mol. The van der Waals surface area contributed by atoms with Gasteiger partial charge in [0.15, 0.2) is 0 Å². The van der Waals surface area contributed by atoms with Crippen LogP contribution in [0.3, 0.4) is 0 Å². The van der Waals surface area contributed by atoms with Crippen LogP contribution in [0.1, 0.15) is 217 Å². The van der Waals surface area contributed by atoms with Crippen LogP contribution in [-0.2, 0) is 28.7 Å². The topological polar surface area (TPSA) is 256 Å². The Hall–Kier alpha value is -7.22. The van der Waals surface area contributed by atoms with E-state index in [0.717, 1.165) is 144 Å². The number of benzene rings is 4. The van der Waals surface area contributed by atoms with Gasteiger partial charge in [-0.15, -0.1) is 11.8 Å². The van der Waals surface area contributed by atoms with E-state index in [9.17, 15) is 28.8 Å². The third-order valence-electron chi connectivity index (χ3n) is 23.1. The molecular weight excluding hydrogens is 1610 g/mol. The quantitative estimate of drug-likeness (QED) is 0.0569. The van der Waals surface area contributed by atoms with Gasteiger partial charge in [-0.2, -0.15) is 108 Å². The van der Waals surface area contributed by atoms with Crippen LogP contribution in [0, 0.1) is 83.9 Å². The molecule has 21 nitrogen and oxygen atoms in total. The molecule has 116 heavy (non-hydrogen) atoms. The Labute approximate surface area is 743 Å². The molecule has 2 spiro atoms. The van der Waals surface area contributed by atoms with Crippen molar-refractivity contribution in [1.29, 1.82) is 0 Å². The minimum absolute atomic E-state index is 0. The number of imidazole rings is 3. The smallest absolute Gasteiger partial charge is 0.407 e. The second-order valence-corrected chi connectivity index (χ2v) is 32.4. The molecule has 8 atom stereocenters. The first kappa shape index (κ1) is 103. The number of aliphatic imine (C=N–C) groups is 1. The molecule has 2 saturated carbocycles. The number of rotatable bonds is 16. The first-order valence-corrected chi connectivity index (χ1v) is 38.9. The summed E-state index contributed by atoms with van der Waals surface area (Å²) >= 11 is 0. The third-order valence-corrected chi connectivity index (χ3v) is 23.1. The van der Waals surface area contributed by atoms with E-state index < -0.39 is 24.3 Å². The predicted octanol–water partition coefficient (Wildman–Crippen LogP) is 16.4. The molecule has 29 heteroatoms. The average Bonchev–Trinajstić information content (AvgIpc) is 1.58. The van der Waals surface area contributed by atoms with Gasteiger partial charge in [0.25, 0.3) is 0 Å². The van der Waals surface area contributed by atoms with E-state index in [2.05, 4.69) is 170 Å². The fourth-order valence-corrected chi connectivity index (χ4v) is 15.5. The number of carbonyl (C=O) groups is 6. The molecule has 636 valence electrons. The molecule has 7 aliphatic rings. The number of aromatic amines is 3. The van der Waals surface area contributed by atoms with E-state index in [0.29, 0.717) is 30.3 Å². The summed E-state index contributed by atoms with van der Waals surface area (Å²) in [5.41, 5.74) is 14.3. The van der Waals surface area contributed by atoms with Crippen molar-refractivity contribution in [3.05, 3.63) is 143 Å². The number of carbonyl (C=O) groups excluding carboxylic acids is 6. The van der Waals surface area contributed by atoms with Crippen molar-refractivity contribution in [1.82, 2.24) is 60.1 Å². The van der Waals surface area contributed by atoms with Crippen molar-refractivity contribution in [2.45, 2.75) is 204 Å². The number of aryl methyl sites for hydroxylation is 2. The maximum atomic E-state index is 13.5. The summed E-state index contributed by atoms with van der Waals surface area (Å²) in [6.45, 7) is 31.2. The molecule has 4 saturated heterocycles. The van der Waals surface area contributed by atoms with Crippen LogP contribution in [0.4, 0.5) is 9.59 Å². The summed E-state index contributed by atoms with van der Waals surface area (Å²) in [6.07, 6.45) is 14.0. The van der Waals surface area contributed by atoms with Gasteiger partial charge in [-0.1, -0.05) is 129 Å². The Morgan fingerprint density at radius 1 is 0.491 bits per heavy atom. The third kappa shape index (κ3) is 24.5. The molecule has 5 N–H and O–H groups in total. The lowest BCUT2D eigenvalue weighted by atomic mass is 9.94. The normalized spacial score (nSPS) is 18.9. The van der Waals surface area contributed by atoms with Gasteiger partial charge in [0, 0.05) is 67.5 Å². The van der Waals surface area contributed by atoms with Crippen LogP contribution >= 0.6 is 108 Å². The highest BCUT2D eigenvalue weighted by molar-refractivity contribution is 7.60. The molecule has 0 radical (unpaired) electrons. The zero-order valence-corrected chi connectivity index (χ0v) is 78.1. The molecule has 8 heterocycles. The number of H-pyrrole nitrogens is 3. The Kier molecular flexibility index (Phi) is 40.2. The van der Waals surface area contributed by atoms with Crippen molar-refractivity contribution in [3.8, 4) is 34.9 Å². The number of likely N-dealkylation sites (tertiary alicyclic amines) is 4. The van der Waals surface area contributed by atoms with Crippen LogP contribution < -0.4 is 10.6 Å². The lowest BCUT2D eigenvalue weighted by molar-refractivity contribution is -0.138. The van der Waals surface area contributed by atoms with Crippen molar-refractivity contribution >= 4 is 177 Å². The summed E-state index contributed by atoms with van der Waals surface area (Å²) in [4.78, 5) is 113. The Morgan fingerprint density at radius 2 is 0.922 bits per heavy atom. The standard InChI is InChI=1S/C23H30N4O3.C23H28N2O.C22H27N3O.C19H26N4O3.8H2S/c1-14(2)19(26-22(29)30-4)21(28)27-13-23(9-10-23)11-18(27)20-24-12-17(25-20)16-7-5-15(3)6-8-16;1-5-7-18-9-11-19(12-10-18)20-14-21(24-15-20)22-8-6-13-25(22)23(26)17(4)16(2)3;1-5-6-16-7-8-17-18(11-16)24-20(23-17)19-12-22(9-10-22)13-25(19)21(26)15(4)14(2)3;1-11(2)16(22-19(25)26-4)18(24)23-9-5-6-15(23)17-20-13-8-7-12(3)10-14(13)21-17;;;;;;;;/h5-8,12,14,18-19H,9-11,13H2,1-4H3,(H,24,25)(H,26,29);9-12,15-17,22H,6,8,13-14H2,1-4H3;7-8,11,14-15,19H,9-10,12-13H2,1-4H3,(H,23,24);7-8,10-11,15-16H,5-6,9H2,1-4H3,(H,20,21)(H,22,25);8*1H2/t18-,19-;17-,22-;15-,19-;15-,16-;;;;;;;;/m0000......../s1. The van der Waals surface area contributed by atoms with Crippen LogP contribution in [0.15, 0.2) is 102 Å². The van der Waals surface area contributed by atoms with Crippen LogP contribution in [0.5, 0.6) is 0 Å². The fraction of sp³-hybridized carbons (Fsp3) is 0.517. The highest BCUT2D eigenvalue weighted by Crippen LogP contribution is 2.60. The Morgan fingerprint density at radius 3 is 1.42 bits per heavy atom. The Balaban J connectivity index is 0.000000392. The van der Waals surface area contributed by atoms with Gasteiger partial charge in [-0.05, 0) is 191 Å². The van der Waals surface area contributed by atoms with Gasteiger partial charge in [0.2, 0.25) is 23.6 Å². The van der Waals surface area contributed by atoms with Gasteiger partial charge in [-0.3, -0.25) is 24.2 Å². The SMILES string of the molecule is CC#Cc1ccc(C2=CN=C([C@@H]3CCCN3C(=O)[C@@H](C)C(C)C)C2)cc1.CC#Cc1ccc2nc([C@@H]3CC4(CC4)CN3C(=O)[C@@H](C)C(C)C)[nH]c2c1.COC(=O)N[C@H](C(=O)N1CC2(CC2)C[C@H]1c1ncc(-c2ccc(C)cc2)[nH]1)C(C)C.COC(=O)N[C@H](C(=O)N1CCC[C@H]1c1nc2ccc(C)cc2[nH]1)C(C)C.S.S.S.S.S.S.S.S. The lowest BCUT2D eigenvalue weighted by Crippen LogP contribution is -2.51. The second kappa shape index (κ2) is 45.3. The van der Waals surface area contributed by atoms with E-state index in [1.54, 1.807) is 0 Å². The van der Waals surface area contributed by atoms with Crippen molar-refractivity contribution < 1.29 is 38.2 Å². The maximum absolute atomic E-state index is 13.5. The number of ether oxygens (including phenoxy) is 2. The molecule has 2 aliphatic carbocycles. The van der Waals surface area contributed by atoms with Gasteiger partial charge < -0.3 is 54.7 Å². The molecular formula is C87H127N13O8S8. The molecule has 6 fully saturated rings. The number of fused-ring (bicyclic) bond motifs is 2. The largest absolute Gasteiger partial charge is 0.453 e. The first-order valence-electron chi connectivity index (χ1n) is 38.9. The number of allylic oxidation sites excluding steroid dienone is 1. The summed E-state index contributed by atoms with van der Waals surface area (Å²) in [6, 6.07) is 27.6. The van der Waals surface area contributed by atoms with Crippen LogP contribution in [0.2, 0.25) is 0 Å². The molecule has 6 amide bonds. The molecule has 14 rings (SSSR count). The summed E-state index contributed by atoms with van der Waals surface area (Å²) in [5.74, 6) is 15.7. The summed E-state index contributed by atoms with van der Waals surface area (Å²) in [7, 11) is 2.61. The molecule has 7 aromatic rings. The van der Waals surface area contributed by atoms with Crippen molar-refractivity contribution in [2.24, 2.45) is 51.3 Å². The zero-order chi connectivity index (χ0) is 77.5. The van der Waals surface area contributed by atoms with E-state index >= 15 is 0 Å². The van der Waals surface area contributed by atoms with Gasteiger partial charge in [0.1, 0.15) is 29.6 Å². The summed E-state index contributed by atoms with van der Waals surface area (Å²) in [5, 5.41) is 5.38. The monoisotopic (exact) mass is 1740 g/mol. The van der Waals surface area contributed by atoms with E-state index in [1.807, 2.05) is 108 Å². The number of methoxy groups -OCH3 is 2. The number of amides is 6. The highest BCUT2D eigenvalue weighted by Gasteiger charge is 2.56. The van der Waals surface area contributed by atoms with Gasteiger partial charge in [0.05, 0.1) is 72.3 Å².